The Balaban J connectivity index is 2.14. The third kappa shape index (κ3) is 3.56. The first-order valence-electron chi connectivity index (χ1n) is 7.13. The topological polar surface area (TPSA) is 59.0 Å². The van der Waals surface area contributed by atoms with Gasteiger partial charge in [-0.1, -0.05) is 13.8 Å². The molecule has 2 heterocycles. The lowest BCUT2D eigenvalue weighted by molar-refractivity contribution is 0.388. The van der Waals surface area contributed by atoms with Crippen molar-refractivity contribution >= 4 is 5.82 Å². The van der Waals surface area contributed by atoms with Crippen molar-refractivity contribution in [3.05, 3.63) is 22.7 Å². The molecule has 0 aromatic carbocycles. The molecule has 106 valence electrons. The van der Waals surface area contributed by atoms with Gasteiger partial charge in [-0.15, -0.1) is 0 Å². The Morgan fingerprint density at radius 3 is 3.05 bits per heavy atom. The lowest BCUT2D eigenvalue weighted by Crippen LogP contribution is -2.47. The Hall–Kier alpha value is -1.36. The summed E-state index contributed by atoms with van der Waals surface area (Å²) in [4.78, 5) is 16.5. The molecule has 19 heavy (non-hydrogen) atoms. The molecule has 0 amide bonds. The normalized spacial score (nSPS) is 23.6. The van der Waals surface area contributed by atoms with Gasteiger partial charge in [-0.25, -0.2) is 4.98 Å². The van der Waals surface area contributed by atoms with Gasteiger partial charge in [-0.05, 0) is 32.2 Å². The van der Waals surface area contributed by atoms with Crippen molar-refractivity contribution < 1.29 is 0 Å². The minimum Gasteiger partial charge on any atom is -0.361 e. The first-order valence-corrected chi connectivity index (χ1v) is 7.13. The maximum absolute atomic E-state index is 12.3. The Labute approximate surface area is 114 Å². The fraction of sp³-hybridized carbons (Fsp3) is 0.714. The SMILES string of the molecule is CC(C)Cn1ccnc(NC2CCCNC2C)c1=O. The minimum atomic E-state index is -0.0195. The predicted octanol–water partition coefficient (Wildman–Crippen LogP) is 1.45. The molecule has 0 radical (unpaired) electrons. The van der Waals surface area contributed by atoms with Crippen LogP contribution in [0.4, 0.5) is 5.82 Å². The Morgan fingerprint density at radius 1 is 1.58 bits per heavy atom. The smallest absolute Gasteiger partial charge is 0.293 e. The van der Waals surface area contributed by atoms with E-state index < -0.39 is 0 Å². The molecule has 0 bridgehead atoms. The maximum Gasteiger partial charge on any atom is 0.293 e. The van der Waals surface area contributed by atoms with Crippen LogP contribution in [0.5, 0.6) is 0 Å². The molecule has 2 N–H and O–H groups in total. The molecule has 1 aliphatic rings. The van der Waals surface area contributed by atoms with Crippen LogP contribution in [0.15, 0.2) is 17.2 Å². The average Bonchev–Trinajstić information content (AvgIpc) is 2.36. The Bertz CT molecular complexity index is 469. The molecule has 1 fully saturated rings. The van der Waals surface area contributed by atoms with Crippen molar-refractivity contribution in [3.63, 3.8) is 0 Å². The third-order valence-corrected chi connectivity index (χ3v) is 3.56. The van der Waals surface area contributed by atoms with Gasteiger partial charge in [-0.2, -0.15) is 0 Å². The fourth-order valence-corrected chi connectivity index (χ4v) is 2.50. The summed E-state index contributed by atoms with van der Waals surface area (Å²) in [7, 11) is 0. The molecule has 0 saturated carbocycles. The monoisotopic (exact) mass is 264 g/mol. The van der Waals surface area contributed by atoms with Crippen LogP contribution in [0.3, 0.4) is 0 Å². The molecular formula is C14H24N4O. The Morgan fingerprint density at radius 2 is 2.37 bits per heavy atom. The minimum absolute atomic E-state index is 0.0195. The predicted molar refractivity (Wildman–Crippen MR) is 77.4 cm³/mol. The molecule has 2 atom stereocenters. The molecule has 1 aromatic heterocycles. The van der Waals surface area contributed by atoms with Crippen molar-refractivity contribution in [2.75, 3.05) is 11.9 Å². The zero-order chi connectivity index (χ0) is 13.8. The van der Waals surface area contributed by atoms with Gasteiger partial charge in [0.15, 0.2) is 5.82 Å². The van der Waals surface area contributed by atoms with E-state index in [1.165, 1.54) is 0 Å². The van der Waals surface area contributed by atoms with Gasteiger partial charge in [0.05, 0.1) is 0 Å². The second kappa shape index (κ2) is 6.19. The number of nitrogens with one attached hydrogen (secondary N) is 2. The summed E-state index contributed by atoms with van der Waals surface area (Å²) in [6.45, 7) is 8.14. The zero-order valence-corrected chi connectivity index (χ0v) is 12.0. The van der Waals surface area contributed by atoms with Crippen molar-refractivity contribution in [1.82, 2.24) is 14.9 Å². The third-order valence-electron chi connectivity index (χ3n) is 3.56. The van der Waals surface area contributed by atoms with Crippen molar-refractivity contribution in [3.8, 4) is 0 Å². The highest BCUT2D eigenvalue weighted by Gasteiger charge is 2.22. The van der Waals surface area contributed by atoms with E-state index in [4.69, 9.17) is 0 Å². The quantitative estimate of drug-likeness (QED) is 0.864. The Kier molecular flexibility index (Phi) is 4.58. The number of piperidine rings is 1. The van der Waals surface area contributed by atoms with Crippen LogP contribution >= 0.6 is 0 Å². The number of hydrogen-bond donors (Lipinski definition) is 2. The van der Waals surface area contributed by atoms with E-state index >= 15 is 0 Å². The highest BCUT2D eigenvalue weighted by atomic mass is 16.1. The highest BCUT2D eigenvalue weighted by Crippen LogP contribution is 2.12. The molecule has 0 spiro atoms. The number of aromatic nitrogens is 2. The molecule has 2 unspecified atom stereocenters. The van der Waals surface area contributed by atoms with Crippen LogP contribution < -0.4 is 16.2 Å². The molecule has 1 aromatic rings. The lowest BCUT2D eigenvalue weighted by atomic mass is 10.00. The second-order valence-corrected chi connectivity index (χ2v) is 5.76. The van der Waals surface area contributed by atoms with E-state index in [0.717, 1.165) is 25.9 Å². The summed E-state index contributed by atoms with van der Waals surface area (Å²) in [5.41, 5.74) is -0.0195. The first kappa shape index (κ1) is 14.1. The van der Waals surface area contributed by atoms with Gasteiger partial charge in [0.25, 0.3) is 5.56 Å². The average molecular weight is 264 g/mol. The number of hydrogen-bond acceptors (Lipinski definition) is 4. The van der Waals surface area contributed by atoms with Gasteiger partial charge in [0.1, 0.15) is 0 Å². The highest BCUT2D eigenvalue weighted by molar-refractivity contribution is 5.33. The maximum atomic E-state index is 12.3. The lowest BCUT2D eigenvalue weighted by Gasteiger charge is -2.30. The first-order chi connectivity index (χ1) is 9.08. The summed E-state index contributed by atoms with van der Waals surface area (Å²) in [6, 6.07) is 0.651. The van der Waals surface area contributed by atoms with Crippen molar-refractivity contribution in [2.45, 2.75) is 52.2 Å². The van der Waals surface area contributed by atoms with E-state index in [0.29, 0.717) is 17.8 Å². The summed E-state index contributed by atoms with van der Waals surface area (Å²) < 4.78 is 1.74. The van der Waals surface area contributed by atoms with E-state index in [1.807, 2.05) is 0 Å². The molecule has 0 aliphatic carbocycles. The van der Waals surface area contributed by atoms with Crippen LogP contribution in [0.1, 0.15) is 33.6 Å². The summed E-state index contributed by atoms with van der Waals surface area (Å²) in [5, 5.41) is 6.73. The van der Waals surface area contributed by atoms with Gasteiger partial charge >= 0.3 is 0 Å². The van der Waals surface area contributed by atoms with Crippen LogP contribution in [-0.4, -0.2) is 28.2 Å². The summed E-state index contributed by atoms with van der Waals surface area (Å²) in [6.07, 6.45) is 5.67. The largest absolute Gasteiger partial charge is 0.361 e. The number of rotatable bonds is 4. The molecule has 2 rings (SSSR count). The van der Waals surface area contributed by atoms with Crippen molar-refractivity contribution in [1.29, 1.82) is 0 Å². The van der Waals surface area contributed by atoms with E-state index in [1.54, 1.807) is 17.0 Å². The summed E-state index contributed by atoms with van der Waals surface area (Å²) in [5.74, 6) is 0.923. The summed E-state index contributed by atoms with van der Waals surface area (Å²) >= 11 is 0. The van der Waals surface area contributed by atoms with Gasteiger partial charge in [0.2, 0.25) is 0 Å². The van der Waals surface area contributed by atoms with Crippen LogP contribution in [0, 0.1) is 5.92 Å². The van der Waals surface area contributed by atoms with Crippen LogP contribution in [0.2, 0.25) is 0 Å². The standard InChI is InChI=1S/C14H24N4O/c1-10(2)9-18-8-7-16-13(14(18)19)17-12-5-4-6-15-11(12)3/h7-8,10-12,15H,4-6,9H2,1-3H3,(H,16,17). The number of nitrogens with zero attached hydrogens (tertiary/aromatic N) is 2. The molecule has 1 saturated heterocycles. The van der Waals surface area contributed by atoms with Gasteiger partial charge < -0.3 is 15.2 Å². The van der Waals surface area contributed by atoms with E-state index in [9.17, 15) is 4.79 Å². The van der Waals surface area contributed by atoms with E-state index in [2.05, 4.69) is 36.4 Å². The van der Waals surface area contributed by atoms with Crippen LogP contribution in [0.25, 0.3) is 0 Å². The molecule has 1 aliphatic heterocycles. The zero-order valence-electron chi connectivity index (χ0n) is 12.0. The second-order valence-electron chi connectivity index (χ2n) is 5.76. The number of anilines is 1. The molecule has 5 nitrogen and oxygen atoms in total. The van der Waals surface area contributed by atoms with Gasteiger partial charge in [-0.3, -0.25) is 4.79 Å². The molecular weight excluding hydrogens is 240 g/mol. The van der Waals surface area contributed by atoms with Crippen molar-refractivity contribution in [2.24, 2.45) is 5.92 Å². The fourth-order valence-electron chi connectivity index (χ4n) is 2.50. The van der Waals surface area contributed by atoms with Gasteiger partial charge in [0, 0.05) is 31.0 Å². The molecule has 5 heteroatoms. The van der Waals surface area contributed by atoms with E-state index in [-0.39, 0.29) is 11.6 Å². The van der Waals surface area contributed by atoms with Crippen LogP contribution in [-0.2, 0) is 6.54 Å².